The van der Waals surface area contributed by atoms with Gasteiger partial charge in [0.15, 0.2) is 13.9 Å². The van der Waals surface area contributed by atoms with E-state index in [-0.39, 0.29) is 43.2 Å². The van der Waals surface area contributed by atoms with Crippen LogP contribution < -0.4 is 15.5 Å². The van der Waals surface area contributed by atoms with Gasteiger partial charge in [-0.25, -0.2) is 0 Å². The molecule has 11 nitrogen and oxygen atoms in total. The van der Waals surface area contributed by atoms with Crippen molar-refractivity contribution in [3.8, 4) is 0 Å². The SMILES string of the molecule is C[C@@H]1[C@@H]([Si](C)(C)O)[C@H](CC(=O)N2Cc3ccccc3C[C@H]2CO)O[C@@]12C(=O)N(Cc1cccc(NC(=O)c3ccccc3)c1)c1ccc(NC(=O)c3ccccc3)cc12. The molecule has 12 heteroatoms. The summed E-state index contributed by atoms with van der Waals surface area (Å²) in [7, 11) is -3.15. The molecule has 59 heavy (non-hydrogen) atoms. The zero-order valence-corrected chi connectivity index (χ0v) is 34.3. The van der Waals surface area contributed by atoms with E-state index in [0.29, 0.717) is 46.7 Å². The fourth-order valence-corrected chi connectivity index (χ4v) is 11.9. The maximum absolute atomic E-state index is 15.3. The topological polar surface area (TPSA) is 149 Å². The normalized spacial score (nSPS) is 22.2. The van der Waals surface area contributed by atoms with Crippen LogP contribution in [0.25, 0.3) is 0 Å². The van der Waals surface area contributed by atoms with E-state index in [9.17, 15) is 24.3 Å². The average molecular weight is 809 g/mol. The number of hydrogen-bond acceptors (Lipinski definition) is 7. The van der Waals surface area contributed by atoms with Crippen LogP contribution in [0.2, 0.25) is 18.6 Å². The summed E-state index contributed by atoms with van der Waals surface area (Å²) in [5.74, 6) is -1.72. The molecule has 0 bridgehead atoms. The summed E-state index contributed by atoms with van der Waals surface area (Å²) in [6, 6.07) is 37.9. The number of carbonyl (C=O) groups is 4. The Morgan fingerprint density at radius 2 is 1.41 bits per heavy atom. The van der Waals surface area contributed by atoms with E-state index in [1.54, 1.807) is 82.6 Å². The molecule has 3 aliphatic heterocycles. The predicted octanol–water partition coefficient (Wildman–Crippen LogP) is 6.87. The first-order valence-corrected chi connectivity index (χ1v) is 23.1. The number of aliphatic hydroxyl groups is 1. The summed E-state index contributed by atoms with van der Waals surface area (Å²) in [5.41, 5.74) is 3.84. The second kappa shape index (κ2) is 16.0. The molecule has 302 valence electrons. The lowest BCUT2D eigenvalue weighted by Gasteiger charge is -2.37. The molecule has 0 aliphatic carbocycles. The van der Waals surface area contributed by atoms with E-state index in [1.807, 2.05) is 74.6 Å². The van der Waals surface area contributed by atoms with Crippen LogP contribution in [-0.2, 0) is 39.4 Å². The molecule has 1 saturated heterocycles. The van der Waals surface area contributed by atoms with Gasteiger partial charge in [0.2, 0.25) is 5.91 Å². The number of rotatable bonds is 10. The molecule has 3 heterocycles. The van der Waals surface area contributed by atoms with Crippen LogP contribution >= 0.6 is 0 Å². The van der Waals surface area contributed by atoms with E-state index >= 15 is 4.79 Å². The van der Waals surface area contributed by atoms with Crippen LogP contribution in [0, 0.1) is 5.92 Å². The molecule has 4 amide bonds. The van der Waals surface area contributed by atoms with Crippen LogP contribution in [0.5, 0.6) is 0 Å². The zero-order chi connectivity index (χ0) is 41.5. The summed E-state index contributed by atoms with van der Waals surface area (Å²) in [6.45, 7) is 5.80. The Kier molecular flexibility index (Phi) is 10.8. The molecule has 0 unspecified atom stereocenters. The second-order valence-electron chi connectivity index (χ2n) is 16.4. The van der Waals surface area contributed by atoms with Gasteiger partial charge >= 0.3 is 0 Å². The van der Waals surface area contributed by atoms with Crippen molar-refractivity contribution in [1.29, 1.82) is 0 Å². The molecular formula is C47H48N4O7Si. The van der Waals surface area contributed by atoms with E-state index < -0.39 is 37.5 Å². The van der Waals surface area contributed by atoms with Gasteiger partial charge in [-0.1, -0.05) is 79.7 Å². The van der Waals surface area contributed by atoms with Gasteiger partial charge in [-0.05, 0) is 90.8 Å². The lowest BCUT2D eigenvalue weighted by atomic mass is 9.82. The van der Waals surface area contributed by atoms with Crippen molar-refractivity contribution in [3.05, 3.63) is 161 Å². The average Bonchev–Trinajstić information content (AvgIpc) is 3.66. The van der Waals surface area contributed by atoms with E-state index in [0.717, 1.165) is 16.7 Å². The third-order valence-electron chi connectivity index (χ3n) is 12.1. The van der Waals surface area contributed by atoms with Gasteiger partial charge in [0.25, 0.3) is 17.7 Å². The van der Waals surface area contributed by atoms with Gasteiger partial charge in [-0.15, -0.1) is 0 Å². The van der Waals surface area contributed by atoms with Crippen molar-refractivity contribution in [2.45, 2.75) is 69.2 Å². The number of ether oxygens (including phenoxy) is 1. The summed E-state index contributed by atoms with van der Waals surface area (Å²) in [5, 5.41) is 16.3. The van der Waals surface area contributed by atoms with Gasteiger partial charge < -0.3 is 35.1 Å². The number of carbonyl (C=O) groups excluding carboxylic acids is 4. The third kappa shape index (κ3) is 7.60. The highest BCUT2D eigenvalue weighted by atomic mass is 28.4. The first kappa shape index (κ1) is 39.9. The van der Waals surface area contributed by atoms with Crippen molar-refractivity contribution in [2.75, 3.05) is 22.1 Å². The van der Waals surface area contributed by atoms with Crippen molar-refractivity contribution in [3.63, 3.8) is 0 Å². The monoisotopic (exact) mass is 808 g/mol. The van der Waals surface area contributed by atoms with Crippen LogP contribution in [0.3, 0.4) is 0 Å². The predicted molar refractivity (Wildman–Crippen MR) is 228 cm³/mol. The number of aliphatic hydroxyl groups excluding tert-OH is 1. The molecule has 5 aromatic carbocycles. The van der Waals surface area contributed by atoms with Crippen LogP contribution in [-0.4, -0.2) is 65.5 Å². The molecule has 1 fully saturated rings. The number of nitrogens with one attached hydrogen (secondary N) is 2. The van der Waals surface area contributed by atoms with Gasteiger partial charge in [0, 0.05) is 46.1 Å². The highest BCUT2D eigenvalue weighted by Gasteiger charge is 2.66. The quantitative estimate of drug-likeness (QED) is 0.113. The maximum atomic E-state index is 15.3. The van der Waals surface area contributed by atoms with Crippen molar-refractivity contribution >= 4 is 49.0 Å². The molecule has 1 spiro atoms. The maximum Gasteiger partial charge on any atom is 0.264 e. The number of benzene rings is 5. The Labute approximate surface area is 344 Å². The number of fused-ring (bicyclic) bond motifs is 3. The first-order valence-electron chi connectivity index (χ1n) is 20.0. The molecule has 0 radical (unpaired) electrons. The summed E-state index contributed by atoms with van der Waals surface area (Å²) >= 11 is 0. The Hall–Kier alpha value is -5.92. The smallest absolute Gasteiger partial charge is 0.264 e. The molecule has 8 rings (SSSR count). The van der Waals surface area contributed by atoms with Crippen LogP contribution in [0.1, 0.15) is 56.3 Å². The molecular weight excluding hydrogens is 761 g/mol. The lowest BCUT2D eigenvalue weighted by molar-refractivity contribution is -0.151. The number of nitrogens with zero attached hydrogens (tertiary/aromatic N) is 2. The van der Waals surface area contributed by atoms with E-state index in [2.05, 4.69) is 10.6 Å². The minimum atomic E-state index is -3.15. The molecule has 3 aliphatic rings. The Bertz CT molecular complexity index is 2400. The van der Waals surface area contributed by atoms with Gasteiger partial charge in [-0.2, -0.15) is 0 Å². The van der Waals surface area contributed by atoms with Crippen molar-refractivity contribution in [2.24, 2.45) is 5.92 Å². The van der Waals surface area contributed by atoms with Gasteiger partial charge in [-0.3, -0.25) is 19.2 Å². The minimum absolute atomic E-state index is 0.0946. The van der Waals surface area contributed by atoms with E-state index in [1.165, 1.54) is 0 Å². The Morgan fingerprint density at radius 3 is 2.03 bits per heavy atom. The summed E-state index contributed by atoms with van der Waals surface area (Å²) in [6.07, 6.45) is -0.400. The largest absolute Gasteiger partial charge is 0.432 e. The third-order valence-corrected chi connectivity index (χ3v) is 14.6. The van der Waals surface area contributed by atoms with Crippen LogP contribution in [0.15, 0.2) is 127 Å². The molecule has 5 atom stereocenters. The molecule has 0 aromatic heterocycles. The number of anilines is 3. The zero-order valence-electron chi connectivity index (χ0n) is 33.3. The highest BCUT2D eigenvalue weighted by molar-refractivity contribution is 6.71. The fraction of sp³-hybridized carbons (Fsp3) is 0.277. The number of hydrogen-bond donors (Lipinski definition) is 4. The fourth-order valence-electron chi connectivity index (χ4n) is 9.36. The molecule has 4 N–H and O–H groups in total. The van der Waals surface area contributed by atoms with Crippen LogP contribution in [0.4, 0.5) is 17.1 Å². The summed E-state index contributed by atoms with van der Waals surface area (Å²) in [4.78, 5) is 71.3. The van der Waals surface area contributed by atoms with E-state index in [4.69, 9.17) is 4.74 Å². The second-order valence-corrected chi connectivity index (χ2v) is 20.3. The van der Waals surface area contributed by atoms with Crippen molar-refractivity contribution in [1.82, 2.24) is 4.90 Å². The molecule has 0 saturated carbocycles. The van der Waals surface area contributed by atoms with Gasteiger partial charge in [0.05, 0.1) is 37.4 Å². The molecule has 5 aromatic rings. The summed E-state index contributed by atoms with van der Waals surface area (Å²) < 4.78 is 7.04. The number of amides is 4. The highest BCUT2D eigenvalue weighted by Crippen LogP contribution is 2.60. The van der Waals surface area contributed by atoms with Crippen molar-refractivity contribution < 1.29 is 33.8 Å². The minimum Gasteiger partial charge on any atom is -0.432 e. The first-order chi connectivity index (χ1) is 28.4. The Morgan fingerprint density at radius 1 is 0.797 bits per heavy atom. The van der Waals surface area contributed by atoms with Gasteiger partial charge in [0.1, 0.15) is 0 Å². The standard InChI is InChI=1S/C47H48N4O7Si/c1-30-43(59(2,3)57)41(26-42(53)50-28-35-19-11-10-18-34(35)24-38(50)29-52)58-47(30)39-25-37(49-45(55)33-16-8-5-9-17-33)21-22-40(39)51(46(47)56)27-31-13-12-20-36(23-31)48-44(54)32-14-6-4-7-15-32/h4-23,25,30,38,41,43,52,57H,24,26-29H2,1-3H3,(H,48,54)(H,49,55)/t30-,38+,41+,43-,47+/m1/s1. The lowest BCUT2D eigenvalue weighted by Crippen LogP contribution is -2.48. The Balaban J connectivity index is 1.14.